The van der Waals surface area contributed by atoms with E-state index in [9.17, 15) is 4.79 Å². The minimum Gasteiger partial charge on any atom is -0.355 e. The molecular formula is C15H24N4O. The zero-order chi connectivity index (χ0) is 14.4. The van der Waals surface area contributed by atoms with E-state index in [0.29, 0.717) is 0 Å². The number of nitrogens with one attached hydrogen (secondary N) is 1. The first kappa shape index (κ1) is 14.8. The average Bonchev–Trinajstić information content (AvgIpc) is 2.71. The Bertz CT molecular complexity index is 449. The lowest BCUT2D eigenvalue weighted by Crippen LogP contribution is -2.34. The number of carbonyl (C=O) groups is 1. The molecule has 0 aromatic carbocycles. The number of hydrogen-bond donors (Lipinski definition) is 1. The molecule has 0 spiro atoms. The van der Waals surface area contributed by atoms with Gasteiger partial charge in [-0.3, -0.25) is 4.79 Å². The van der Waals surface area contributed by atoms with Gasteiger partial charge in [-0.1, -0.05) is 13.0 Å². The predicted molar refractivity (Wildman–Crippen MR) is 80.7 cm³/mol. The zero-order valence-electron chi connectivity index (χ0n) is 12.4. The van der Waals surface area contributed by atoms with E-state index in [1.165, 1.54) is 5.56 Å². The van der Waals surface area contributed by atoms with E-state index in [1.54, 1.807) is 6.92 Å². The maximum absolute atomic E-state index is 11.5. The van der Waals surface area contributed by atoms with Crippen molar-refractivity contribution in [3.63, 3.8) is 0 Å². The van der Waals surface area contributed by atoms with Crippen LogP contribution in [0, 0.1) is 0 Å². The van der Waals surface area contributed by atoms with Crippen molar-refractivity contribution in [2.75, 3.05) is 37.6 Å². The van der Waals surface area contributed by atoms with Gasteiger partial charge < -0.3 is 15.1 Å². The molecule has 5 heteroatoms. The molecule has 0 atom stereocenters. The fourth-order valence-corrected chi connectivity index (χ4v) is 2.56. The fourth-order valence-electron chi connectivity index (χ4n) is 2.56. The molecule has 110 valence electrons. The normalized spacial score (nSPS) is 16.1. The number of rotatable bonds is 4. The van der Waals surface area contributed by atoms with Gasteiger partial charge in [-0.05, 0) is 19.0 Å². The first-order chi connectivity index (χ1) is 9.72. The van der Waals surface area contributed by atoms with Crippen LogP contribution in [0.3, 0.4) is 0 Å². The molecule has 0 saturated carbocycles. The van der Waals surface area contributed by atoms with Gasteiger partial charge in [-0.25, -0.2) is 4.98 Å². The zero-order valence-corrected chi connectivity index (χ0v) is 12.4. The van der Waals surface area contributed by atoms with Crippen molar-refractivity contribution in [3.05, 3.63) is 23.9 Å². The lowest BCUT2D eigenvalue weighted by Gasteiger charge is -2.24. The Balaban J connectivity index is 2.09. The molecule has 1 saturated heterocycles. The van der Waals surface area contributed by atoms with E-state index in [-0.39, 0.29) is 5.91 Å². The number of anilines is 1. The van der Waals surface area contributed by atoms with Crippen molar-refractivity contribution in [1.82, 2.24) is 15.2 Å². The molecule has 2 rings (SSSR count). The summed E-state index contributed by atoms with van der Waals surface area (Å²) in [5.41, 5.74) is 1.23. The largest absolute Gasteiger partial charge is 0.355 e. The van der Waals surface area contributed by atoms with Crippen LogP contribution in [-0.2, 0) is 11.3 Å². The summed E-state index contributed by atoms with van der Waals surface area (Å²) in [6, 6.07) is 4.11. The minimum absolute atomic E-state index is 0.167. The van der Waals surface area contributed by atoms with Gasteiger partial charge in [-0.15, -0.1) is 0 Å². The molecular weight excluding hydrogens is 252 g/mol. The van der Waals surface area contributed by atoms with Gasteiger partial charge in [0.05, 0.1) is 0 Å². The monoisotopic (exact) mass is 276 g/mol. The highest BCUT2D eigenvalue weighted by Gasteiger charge is 2.19. The molecule has 2 heterocycles. The first-order valence-corrected chi connectivity index (χ1v) is 7.37. The number of aromatic nitrogens is 1. The summed E-state index contributed by atoms with van der Waals surface area (Å²) in [5.74, 6) is 1.22. The van der Waals surface area contributed by atoms with E-state index < -0.39 is 0 Å². The topological polar surface area (TPSA) is 48.5 Å². The lowest BCUT2D eigenvalue weighted by molar-refractivity contribution is -0.128. The Kier molecular flexibility index (Phi) is 5.35. The number of amides is 1. The van der Waals surface area contributed by atoms with Gasteiger partial charge >= 0.3 is 0 Å². The third kappa shape index (κ3) is 3.70. The van der Waals surface area contributed by atoms with Crippen molar-refractivity contribution in [2.24, 2.45) is 0 Å². The number of carbonyl (C=O) groups excluding carboxylic acids is 1. The third-order valence-electron chi connectivity index (χ3n) is 3.67. The number of hydrogen-bond acceptors (Lipinski definition) is 4. The maximum atomic E-state index is 11.5. The highest BCUT2D eigenvalue weighted by molar-refractivity contribution is 5.73. The summed E-state index contributed by atoms with van der Waals surface area (Å²) >= 11 is 0. The SMILES string of the molecule is CCNCc1cccnc1N1CCCN(C(C)=O)CC1. The quantitative estimate of drug-likeness (QED) is 0.899. The van der Waals surface area contributed by atoms with Crippen molar-refractivity contribution in [3.8, 4) is 0 Å². The van der Waals surface area contributed by atoms with Gasteiger partial charge in [0.25, 0.3) is 0 Å². The fraction of sp³-hybridized carbons (Fsp3) is 0.600. The minimum atomic E-state index is 0.167. The van der Waals surface area contributed by atoms with E-state index in [2.05, 4.69) is 28.2 Å². The average molecular weight is 276 g/mol. The summed E-state index contributed by atoms with van der Waals surface area (Å²) in [5, 5.41) is 3.36. The van der Waals surface area contributed by atoms with Gasteiger partial charge in [0.1, 0.15) is 5.82 Å². The molecule has 5 nitrogen and oxygen atoms in total. The Morgan fingerprint density at radius 1 is 1.35 bits per heavy atom. The van der Waals surface area contributed by atoms with Crippen LogP contribution >= 0.6 is 0 Å². The standard InChI is InChI=1S/C15H24N4O/c1-3-16-12-14-6-4-7-17-15(14)19-9-5-8-18(10-11-19)13(2)20/h4,6-7,16H,3,5,8-12H2,1-2H3. The highest BCUT2D eigenvalue weighted by Crippen LogP contribution is 2.19. The summed E-state index contributed by atoms with van der Waals surface area (Å²) < 4.78 is 0. The van der Waals surface area contributed by atoms with Crippen LogP contribution in [0.25, 0.3) is 0 Å². The molecule has 0 bridgehead atoms. The van der Waals surface area contributed by atoms with Crippen molar-refractivity contribution < 1.29 is 4.79 Å². The van der Waals surface area contributed by atoms with E-state index in [1.807, 2.05) is 17.2 Å². The van der Waals surface area contributed by atoms with Gasteiger partial charge in [0.15, 0.2) is 0 Å². The third-order valence-corrected chi connectivity index (χ3v) is 3.67. The Hall–Kier alpha value is -1.62. The molecule has 1 aliphatic rings. The van der Waals surface area contributed by atoms with E-state index in [4.69, 9.17) is 0 Å². The van der Waals surface area contributed by atoms with Crippen LogP contribution in [0.1, 0.15) is 25.8 Å². The molecule has 1 aliphatic heterocycles. The Morgan fingerprint density at radius 2 is 2.20 bits per heavy atom. The summed E-state index contributed by atoms with van der Waals surface area (Å²) in [7, 11) is 0. The molecule has 1 N–H and O–H groups in total. The molecule has 20 heavy (non-hydrogen) atoms. The van der Waals surface area contributed by atoms with Crippen LogP contribution in [-0.4, -0.2) is 48.5 Å². The summed E-state index contributed by atoms with van der Waals surface area (Å²) in [6.45, 7) is 8.99. The second-order valence-electron chi connectivity index (χ2n) is 5.11. The summed E-state index contributed by atoms with van der Waals surface area (Å²) in [4.78, 5) is 20.3. The second-order valence-corrected chi connectivity index (χ2v) is 5.11. The van der Waals surface area contributed by atoms with Gasteiger partial charge in [0.2, 0.25) is 5.91 Å². The Labute approximate surface area is 121 Å². The lowest BCUT2D eigenvalue weighted by atomic mass is 10.2. The molecule has 0 unspecified atom stereocenters. The molecule has 1 aromatic rings. The molecule has 1 fully saturated rings. The van der Waals surface area contributed by atoms with Gasteiger partial charge in [-0.2, -0.15) is 0 Å². The van der Waals surface area contributed by atoms with Gasteiger partial charge in [0, 0.05) is 51.4 Å². The highest BCUT2D eigenvalue weighted by atomic mass is 16.2. The van der Waals surface area contributed by atoms with Crippen LogP contribution in [0.4, 0.5) is 5.82 Å². The number of nitrogens with zero attached hydrogens (tertiary/aromatic N) is 3. The van der Waals surface area contributed by atoms with Crippen LogP contribution < -0.4 is 10.2 Å². The van der Waals surface area contributed by atoms with Crippen molar-refractivity contribution in [2.45, 2.75) is 26.8 Å². The van der Waals surface area contributed by atoms with Crippen LogP contribution in [0.2, 0.25) is 0 Å². The smallest absolute Gasteiger partial charge is 0.219 e. The Morgan fingerprint density at radius 3 is 2.95 bits per heavy atom. The molecule has 0 radical (unpaired) electrons. The maximum Gasteiger partial charge on any atom is 0.219 e. The van der Waals surface area contributed by atoms with E-state index >= 15 is 0 Å². The molecule has 1 aromatic heterocycles. The van der Waals surface area contributed by atoms with E-state index in [0.717, 1.165) is 51.5 Å². The van der Waals surface area contributed by atoms with Crippen molar-refractivity contribution in [1.29, 1.82) is 0 Å². The first-order valence-electron chi connectivity index (χ1n) is 7.37. The van der Waals surface area contributed by atoms with Crippen LogP contribution in [0.15, 0.2) is 18.3 Å². The summed E-state index contributed by atoms with van der Waals surface area (Å²) in [6.07, 6.45) is 2.84. The molecule has 1 amide bonds. The molecule has 0 aliphatic carbocycles. The predicted octanol–water partition coefficient (Wildman–Crippen LogP) is 1.25. The van der Waals surface area contributed by atoms with Crippen molar-refractivity contribution >= 4 is 11.7 Å². The number of pyridine rings is 1. The van der Waals surface area contributed by atoms with Crippen LogP contribution in [0.5, 0.6) is 0 Å². The second kappa shape index (κ2) is 7.24.